The molecule has 0 unspecified atom stereocenters. The van der Waals surface area contributed by atoms with E-state index in [-0.39, 0.29) is 34.0 Å². The van der Waals surface area contributed by atoms with E-state index >= 15 is 0 Å². The van der Waals surface area contributed by atoms with Gasteiger partial charge in [0.2, 0.25) is 0 Å². The molecule has 0 aromatic heterocycles. The topological polar surface area (TPSA) is 99.5 Å². The van der Waals surface area contributed by atoms with Gasteiger partial charge in [-0.15, -0.1) is 0 Å². The number of hydrogen-bond acceptors (Lipinski definition) is 6. The second-order valence-corrected chi connectivity index (χ2v) is 16.0. The fraction of sp³-hybridized carbons (Fsp3) is 0.806. The molecule has 1 saturated heterocycles. The summed E-state index contributed by atoms with van der Waals surface area (Å²) in [6.07, 6.45) is 12.2. The molecule has 0 radical (unpaired) electrons. The van der Waals surface area contributed by atoms with Crippen LogP contribution in [0, 0.1) is 22.7 Å². The molecule has 5 fully saturated rings. The Morgan fingerprint density at radius 3 is 2.49 bits per heavy atom. The van der Waals surface area contributed by atoms with Crippen molar-refractivity contribution in [3.8, 4) is 11.5 Å². The summed E-state index contributed by atoms with van der Waals surface area (Å²) < 4.78 is 13.5. The molecule has 4 saturated carbocycles. The lowest BCUT2D eigenvalue weighted by molar-refractivity contribution is -0.312. The first kappa shape index (κ1) is 31.2. The van der Waals surface area contributed by atoms with Crippen molar-refractivity contribution in [1.82, 2.24) is 4.90 Å². The van der Waals surface area contributed by atoms with Crippen LogP contribution < -0.4 is 4.74 Å². The lowest BCUT2D eigenvalue weighted by Crippen LogP contribution is -2.83. The number of carboxylic acid groups (broad SMARTS) is 1. The Morgan fingerprint density at radius 1 is 1.12 bits per heavy atom. The largest absolute Gasteiger partial charge is 0.504 e. The van der Waals surface area contributed by atoms with Crippen molar-refractivity contribution in [3.05, 3.63) is 23.3 Å². The summed E-state index contributed by atoms with van der Waals surface area (Å²) in [4.78, 5) is 12.8. The molecule has 5 aliphatic carbocycles. The van der Waals surface area contributed by atoms with Crippen molar-refractivity contribution in [2.75, 3.05) is 20.2 Å². The molecular weight excluding hydrogens is 542 g/mol. The van der Waals surface area contributed by atoms with E-state index in [2.05, 4.69) is 38.7 Å². The van der Waals surface area contributed by atoms with Gasteiger partial charge in [-0.05, 0) is 87.8 Å². The summed E-state index contributed by atoms with van der Waals surface area (Å²) in [6, 6.07) is 4.46. The fourth-order valence-corrected chi connectivity index (χ4v) is 10.3. The van der Waals surface area contributed by atoms with E-state index in [0.717, 1.165) is 63.8 Å². The molecule has 0 amide bonds. The molecule has 4 bridgehead atoms. The van der Waals surface area contributed by atoms with Gasteiger partial charge in [-0.3, -0.25) is 9.69 Å². The van der Waals surface area contributed by atoms with Crippen molar-refractivity contribution >= 4 is 5.97 Å². The van der Waals surface area contributed by atoms with Crippen LogP contribution in [-0.2, 0) is 21.4 Å². The highest BCUT2D eigenvalue weighted by molar-refractivity contribution is 5.66. The zero-order valence-corrected chi connectivity index (χ0v) is 27.4. The molecule has 7 nitrogen and oxygen atoms in total. The monoisotopic (exact) mass is 597 g/mol. The number of piperidine rings is 1. The number of phenols is 1. The smallest absolute Gasteiger partial charge is 0.303 e. The molecule has 7 heteroatoms. The van der Waals surface area contributed by atoms with E-state index < -0.39 is 17.2 Å². The second kappa shape index (κ2) is 10.6. The third-order valence-electron chi connectivity index (χ3n) is 13.1. The van der Waals surface area contributed by atoms with Gasteiger partial charge in [-0.2, -0.15) is 0 Å². The number of likely N-dealkylation sites (tertiary alicyclic amines) is 1. The van der Waals surface area contributed by atoms with Gasteiger partial charge in [0.05, 0.1) is 5.60 Å². The lowest BCUT2D eigenvalue weighted by Gasteiger charge is -2.75. The second-order valence-electron chi connectivity index (χ2n) is 16.0. The van der Waals surface area contributed by atoms with Crippen LogP contribution in [0.4, 0.5) is 0 Å². The summed E-state index contributed by atoms with van der Waals surface area (Å²) >= 11 is 0. The minimum absolute atomic E-state index is 0.0294. The van der Waals surface area contributed by atoms with Gasteiger partial charge in [0, 0.05) is 48.4 Å². The number of hydrogen-bond donors (Lipinski definition) is 3. The molecule has 2 heterocycles. The van der Waals surface area contributed by atoms with Gasteiger partial charge in [0.15, 0.2) is 11.5 Å². The van der Waals surface area contributed by atoms with Crippen LogP contribution in [0.1, 0.15) is 116 Å². The maximum absolute atomic E-state index is 12.2. The molecule has 240 valence electrons. The maximum Gasteiger partial charge on any atom is 0.303 e. The Hall–Kier alpha value is -1.83. The average Bonchev–Trinajstić information content (AvgIpc) is 3.70. The van der Waals surface area contributed by atoms with Gasteiger partial charge in [-0.25, -0.2) is 0 Å². The standard InChI is InChI=1S/C29H41NO4.C7H14O2/c1-25(2,3)26(4,32)20-15-27-10-11-29(20,33-5)24-28(27)12-13-30(16-17-6-7-17)21(27)14-18-8-9-19(31)23(34-24)22(18)28;1-2-3-4-5-6-7(8)9/h8-9,17,20-21,24,31-32H,6-7,10-16H2,1-5H3;2-6H2,1H3,(H,8,9)/t20-,21-,24-,26+,27-,28+,29+;/m1./s1. The summed E-state index contributed by atoms with van der Waals surface area (Å²) in [5, 5.41) is 31.4. The first-order valence-electron chi connectivity index (χ1n) is 17.0. The molecule has 7 aliphatic rings. The fourth-order valence-electron chi connectivity index (χ4n) is 10.3. The lowest BCUT2D eigenvalue weighted by atomic mass is 9.33. The molecule has 7 atom stereocenters. The van der Waals surface area contributed by atoms with E-state index in [9.17, 15) is 15.0 Å². The Kier molecular flexibility index (Phi) is 7.70. The first-order chi connectivity index (χ1) is 20.3. The van der Waals surface area contributed by atoms with Gasteiger partial charge in [0.1, 0.15) is 11.7 Å². The number of fused-ring (bicyclic) bond motifs is 2. The predicted molar refractivity (Wildman–Crippen MR) is 167 cm³/mol. The Morgan fingerprint density at radius 2 is 1.86 bits per heavy atom. The van der Waals surface area contributed by atoms with Crippen LogP contribution in [0.15, 0.2) is 12.1 Å². The van der Waals surface area contributed by atoms with Crippen molar-refractivity contribution in [3.63, 3.8) is 0 Å². The van der Waals surface area contributed by atoms with E-state index in [1.165, 1.54) is 36.9 Å². The highest BCUT2D eigenvalue weighted by Crippen LogP contribution is 2.78. The van der Waals surface area contributed by atoms with Crippen LogP contribution in [-0.4, -0.2) is 69.7 Å². The molecule has 1 aromatic carbocycles. The zero-order valence-electron chi connectivity index (χ0n) is 27.4. The molecule has 43 heavy (non-hydrogen) atoms. The number of benzene rings is 1. The minimum atomic E-state index is -0.909. The number of ether oxygens (including phenoxy) is 2. The summed E-state index contributed by atoms with van der Waals surface area (Å²) in [5.41, 5.74) is 0.783. The van der Waals surface area contributed by atoms with Gasteiger partial charge in [0.25, 0.3) is 0 Å². The number of unbranched alkanes of at least 4 members (excludes halogenated alkanes) is 3. The van der Waals surface area contributed by atoms with E-state index in [1.807, 2.05) is 20.1 Å². The van der Waals surface area contributed by atoms with E-state index in [4.69, 9.17) is 14.6 Å². The van der Waals surface area contributed by atoms with Crippen molar-refractivity contribution in [2.45, 2.75) is 140 Å². The number of nitrogens with zero attached hydrogens (tertiary/aromatic N) is 1. The number of aliphatic carboxylic acids is 1. The van der Waals surface area contributed by atoms with Crippen molar-refractivity contribution in [2.24, 2.45) is 22.7 Å². The van der Waals surface area contributed by atoms with Gasteiger partial charge < -0.3 is 24.8 Å². The molecule has 2 aliphatic heterocycles. The van der Waals surface area contributed by atoms with E-state index in [0.29, 0.717) is 18.2 Å². The summed E-state index contributed by atoms with van der Waals surface area (Å²) in [5.74, 6) is 1.13. The van der Waals surface area contributed by atoms with Crippen LogP contribution in [0.25, 0.3) is 0 Å². The number of aliphatic hydroxyl groups is 1. The van der Waals surface area contributed by atoms with Crippen molar-refractivity contribution in [1.29, 1.82) is 0 Å². The Balaban J connectivity index is 0.000000321. The molecule has 1 aromatic rings. The molecule has 2 spiro atoms. The molecule has 3 N–H and O–H groups in total. The van der Waals surface area contributed by atoms with Gasteiger partial charge in [-0.1, -0.05) is 53.0 Å². The minimum Gasteiger partial charge on any atom is -0.504 e. The third-order valence-corrected chi connectivity index (χ3v) is 13.1. The van der Waals surface area contributed by atoms with Crippen LogP contribution >= 0.6 is 0 Å². The molecular formula is C36H55NO6. The maximum atomic E-state index is 12.2. The summed E-state index contributed by atoms with van der Waals surface area (Å²) in [6.45, 7) is 12.9. The Labute approximate surface area is 258 Å². The average molecular weight is 598 g/mol. The SMILES string of the molecule is CCCCCCC(=O)O.CO[C@@]12CC[C@@]3(C[C@@H]1[C@](C)(O)C(C)(C)C)[C@H]1Cc4ccc(O)c5c4[C@@]3(CCN1CC1CC1)[C@H]2O5. The van der Waals surface area contributed by atoms with E-state index in [1.54, 1.807) is 0 Å². The summed E-state index contributed by atoms with van der Waals surface area (Å²) in [7, 11) is 1.83. The highest BCUT2D eigenvalue weighted by Gasteiger charge is 2.82. The number of carbonyl (C=O) groups is 1. The predicted octanol–water partition coefficient (Wildman–Crippen LogP) is 6.46. The zero-order chi connectivity index (χ0) is 31.0. The first-order valence-corrected chi connectivity index (χ1v) is 17.0. The number of carboxylic acids is 1. The van der Waals surface area contributed by atoms with Crippen LogP contribution in [0.2, 0.25) is 0 Å². The van der Waals surface area contributed by atoms with Crippen molar-refractivity contribution < 1.29 is 29.6 Å². The third kappa shape index (κ3) is 4.41. The molecule has 8 rings (SSSR count). The normalized spacial score (nSPS) is 36.7. The van der Waals surface area contributed by atoms with Gasteiger partial charge >= 0.3 is 5.97 Å². The van der Waals surface area contributed by atoms with Crippen LogP contribution in [0.3, 0.4) is 0 Å². The quantitative estimate of drug-likeness (QED) is 0.281. The highest BCUT2D eigenvalue weighted by atomic mass is 16.6. The number of rotatable bonds is 9. The van der Waals surface area contributed by atoms with Crippen LogP contribution in [0.5, 0.6) is 11.5 Å². The number of methoxy groups -OCH3 is 1. The number of phenolic OH excluding ortho intramolecular Hbond substituents is 1. The Bertz CT molecular complexity index is 1230. The number of aromatic hydroxyl groups is 1.